The summed E-state index contributed by atoms with van der Waals surface area (Å²) in [5.41, 5.74) is 2.20. The Balaban J connectivity index is 2.10. The number of aryl methyl sites for hydroxylation is 1. The quantitative estimate of drug-likeness (QED) is 0.742. The minimum absolute atomic E-state index is 0.214. The maximum absolute atomic E-state index is 13.6. The normalized spacial score (nSPS) is 10.8. The summed E-state index contributed by atoms with van der Waals surface area (Å²) in [7, 11) is 1.57. The van der Waals surface area contributed by atoms with Crippen molar-refractivity contribution < 1.29 is 13.9 Å². The van der Waals surface area contributed by atoms with Crippen molar-refractivity contribution in [1.82, 2.24) is 4.98 Å². The number of ketones is 1. The zero-order valence-corrected chi connectivity index (χ0v) is 11.7. The SMILES string of the molecule is COc1ccc2[nH]cc(C(=O)c3ccc(C)c(F)c3)c2c1. The van der Waals surface area contributed by atoms with E-state index in [1.54, 1.807) is 38.4 Å². The molecule has 1 heterocycles. The van der Waals surface area contributed by atoms with E-state index in [-0.39, 0.29) is 11.6 Å². The van der Waals surface area contributed by atoms with E-state index in [0.717, 1.165) is 10.9 Å². The Labute approximate surface area is 121 Å². The number of methoxy groups -OCH3 is 1. The molecule has 3 rings (SSSR count). The Morgan fingerprint density at radius 2 is 2.00 bits per heavy atom. The van der Waals surface area contributed by atoms with Crippen molar-refractivity contribution in [3.8, 4) is 5.75 Å². The number of hydrogen-bond donors (Lipinski definition) is 1. The van der Waals surface area contributed by atoms with Crippen LogP contribution in [0.4, 0.5) is 4.39 Å². The molecule has 4 heteroatoms. The highest BCUT2D eigenvalue weighted by Gasteiger charge is 2.15. The smallest absolute Gasteiger partial charge is 0.195 e. The maximum Gasteiger partial charge on any atom is 0.195 e. The first-order valence-electron chi connectivity index (χ1n) is 6.56. The third kappa shape index (κ3) is 2.29. The van der Waals surface area contributed by atoms with Gasteiger partial charge in [0.15, 0.2) is 5.78 Å². The van der Waals surface area contributed by atoms with Crippen LogP contribution in [0.1, 0.15) is 21.5 Å². The first-order valence-corrected chi connectivity index (χ1v) is 6.56. The van der Waals surface area contributed by atoms with Crippen molar-refractivity contribution in [3.05, 3.63) is 65.1 Å². The fourth-order valence-electron chi connectivity index (χ4n) is 2.30. The third-order valence-electron chi connectivity index (χ3n) is 3.57. The first-order chi connectivity index (χ1) is 10.1. The van der Waals surface area contributed by atoms with Crippen LogP contribution in [-0.2, 0) is 0 Å². The maximum atomic E-state index is 13.6. The lowest BCUT2D eigenvalue weighted by atomic mass is 10.0. The molecule has 0 unspecified atom stereocenters. The van der Waals surface area contributed by atoms with Crippen molar-refractivity contribution in [1.29, 1.82) is 0 Å². The molecular weight excluding hydrogens is 269 g/mol. The Morgan fingerprint density at radius 1 is 1.19 bits per heavy atom. The molecule has 3 aromatic rings. The van der Waals surface area contributed by atoms with Gasteiger partial charge in [-0.15, -0.1) is 0 Å². The van der Waals surface area contributed by atoms with E-state index in [9.17, 15) is 9.18 Å². The molecule has 0 bridgehead atoms. The van der Waals surface area contributed by atoms with Crippen molar-refractivity contribution >= 4 is 16.7 Å². The van der Waals surface area contributed by atoms with Crippen LogP contribution in [0, 0.1) is 12.7 Å². The van der Waals surface area contributed by atoms with E-state index >= 15 is 0 Å². The fourth-order valence-corrected chi connectivity index (χ4v) is 2.30. The van der Waals surface area contributed by atoms with Gasteiger partial charge in [0.25, 0.3) is 0 Å². The van der Waals surface area contributed by atoms with E-state index in [2.05, 4.69) is 4.98 Å². The summed E-state index contributed by atoms with van der Waals surface area (Å²) in [6.07, 6.45) is 1.64. The number of aromatic amines is 1. The number of aromatic nitrogens is 1. The van der Waals surface area contributed by atoms with E-state index < -0.39 is 0 Å². The first kappa shape index (κ1) is 13.4. The lowest BCUT2D eigenvalue weighted by Crippen LogP contribution is -2.01. The highest BCUT2D eigenvalue weighted by molar-refractivity contribution is 6.16. The molecule has 0 aliphatic carbocycles. The molecule has 0 saturated carbocycles. The van der Waals surface area contributed by atoms with Crippen LogP contribution in [0.2, 0.25) is 0 Å². The molecule has 1 N–H and O–H groups in total. The number of ether oxygens (including phenoxy) is 1. The van der Waals surface area contributed by atoms with Crippen LogP contribution < -0.4 is 4.74 Å². The number of halogens is 1. The van der Waals surface area contributed by atoms with E-state index in [0.29, 0.717) is 22.4 Å². The van der Waals surface area contributed by atoms with Gasteiger partial charge < -0.3 is 9.72 Å². The predicted octanol–water partition coefficient (Wildman–Crippen LogP) is 3.86. The molecule has 0 aliphatic heterocycles. The molecule has 0 amide bonds. The zero-order chi connectivity index (χ0) is 15.0. The monoisotopic (exact) mass is 283 g/mol. The highest BCUT2D eigenvalue weighted by atomic mass is 19.1. The minimum Gasteiger partial charge on any atom is -0.497 e. The van der Waals surface area contributed by atoms with E-state index in [1.165, 1.54) is 6.07 Å². The minimum atomic E-state index is -0.377. The summed E-state index contributed by atoms with van der Waals surface area (Å²) >= 11 is 0. The number of carbonyl (C=O) groups excluding carboxylic acids is 1. The van der Waals surface area contributed by atoms with Gasteiger partial charge in [-0.2, -0.15) is 0 Å². The second-order valence-electron chi connectivity index (χ2n) is 4.91. The summed E-state index contributed by atoms with van der Waals surface area (Å²) in [5.74, 6) is 0.0814. The second-order valence-corrected chi connectivity index (χ2v) is 4.91. The average molecular weight is 283 g/mol. The highest BCUT2D eigenvalue weighted by Crippen LogP contribution is 2.25. The van der Waals surface area contributed by atoms with Crippen molar-refractivity contribution in [2.24, 2.45) is 0 Å². The van der Waals surface area contributed by atoms with Gasteiger partial charge in [0.05, 0.1) is 7.11 Å². The number of rotatable bonds is 3. The van der Waals surface area contributed by atoms with Crippen LogP contribution in [0.3, 0.4) is 0 Å². The average Bonchev–Trinajstić information content (AvgIpc) is 2.92. The Morgan fingerprint density at radius 3 is 2.71 bits per heavy atom. The molecule has 0 aliphatic rings. The molecule has 0 fully saturated rings. The number of hydrogen-bond acceptors (Lipinski definition) is 2. The summed E-state index contributed by atoms with van der Waals surface area (Å²) in [4.78, 5) is 15.6. The van der Waals surface area contributed by atoms with E-state index in [4.69, 9.17) is 4.74 Å². The van der Waals surface area contributed by atoms with Crippen LogP contribution in [0.25, 0.3) is 10.9 Å². The van der Waals surface area contributed by atoms with Gasteiger partial charge >= 0.3 is 0 Å². The number of benzene rings is 2. The number of fused-ring (bicyclic) bond motifs is 1. The van der Waals surface area contributed by atoms with Crippen molar-refractivity contribution in [3.63, 3.8) is 0 Å². The molecule has 21 heavy (non-hydrogen) atoms. The molecule has 2 aromatic carbocycles. The van der Waals surface area contributed by atoms with Gasteiger partial charge in [-0.1, -0.05) is 12.1 Å². The van der Waals surface area contributed by atoms with Gasteiger partial charge in [-0.05, 0) is 36.8 Å². The lowest BCUT2D eigenvalue weighted by Gasteiger charge is -2.03. The van der Waals surface area contributed by atoms with Gasteiger partial charge in [0.2, 0.25) is 0 Å². The topological polar surface area (TPSA) is 42.1 Å². The van der Waals surface area contributed by atoms with Gasteiger partial charge in [0.1, 0.15) is 11.6 Å². The van der Waals surface area contributed by atoms with Crippen LogP contribution in [-0.4, -0.2) is 17.9 Å². The second kappa shape index (κ2) is 5.05. The van der Waals surface area contributed by atoms with Gasteiger partial charge in [-0.3, -0.25) is 4.79 Å². The van der Waals surface area contributed by atoms with Crippen LogP contribution in [0.15, 0.2) is 42.6 Å². The largest absolute Gasteiger partial charge is 0.497 e. The molecule has 106 valence electrons. The van der Waals surface area contributed by atoms with Crippen molar-refractivity contribution in [2.45, 2.75) is 6.92 Å². The number of carbonyl (C=O) groups is 1. The zero-order valence-electron chi connectivity index (χ0n) is 11.7. The Kier molecular flexibility index (Phi) is 3.22. The molecule has 3 nitrogen and oxygen atoms in total. The Bertz CT molecular complexity index is 836. The van der Waals surface area contributed by atoms with Crippen LogP contribution in [0.5, 0.6) is 5.75 Å². The summed E-state index contributed by atoms with van der Waals surface area (Å²) < 4.78 is 18.8. The number of H-pyrrole nitrogens is 1. The molecule has 0 saturated heterocycles. The van der Waals surface area contributed by atoms with E-state index in [1.807, 2.05) is 12.1 Å². The summed E-state index contributed by atoms with van der Waals surface area (Å²) in [5, 5.41) is 0.764. The van der Waals surface area contributed by atoms with Gasteiger partial charge in [0, 0.05) is 28.2 Å². The molecule has 1 aromatic heterocycles. The molecule has 0 radical (unpaired) electrons. The summed E-state index contributed by atoms with van der Waals surface area (Å²) in [6, 6.07) is 9.98. The van der Waals surface area contributed by atoms with Crippen LogP contribution >= 0.6 is 0 Å². The third-order valence-corrected chi connectivity index (χ3v) is 3.57. The molecule has 0 spiro atoms. The van der Waals surface area contributed by atoms with Crippen molar-refractivity contribution in [2.75, 3.05) is 7.11 Å². The Hall–Kier alpha value is -2.62. The molecule has 0 atom stereocenters. The number of nitrogens with one attached hydrogen (secondary N) is 1. The standard InChI is InChI=1S/C17H14FNO2/c1-10-3-4-11(7-15(10)18)17(20)14-9-19-16-6-5-12(21-2)8-13(14)16/h3-9,19H,1-2H3. The summed E-state index contributed by atoms with van der Waals surface area (Å²) in [6.45, 7) is 1.67. The fraction of sp³-hybridized carbons (Fsp3) is 0.118. The molecular formula is C17H14FNO2. The lowest BCUT2D eigenvalue weighted by molar-refractivity contribution is 0.104. The predicted molar refractivity (Wildman–Crippen MR) is 79.4 cm³/mol. The van der Waals surface area contributed by atoms with Gasteiger partial charge in [-0.25, -0.2) is 4.39 Å².